The van der Waals surface area contributed by atoms with Crippen molar-refractivity contribution in [3.05, 3.63) is 94.0 Å². The molecule has 2 atom stereocenters. The van der Waals surface area contributed by atoms with Crippen LogP contribution in [0, 0.1) is 6.92 Å². The Hall–Kier alpha value is -3.07. The second kappa shape index (κ2) is 14.0. The summed E-state index contributed by atoms with van der Waals surface area (Å²) < 4.78 is 28.8. The van der Waals surface area contributed by atoms with Crippen LogP contribution >= 0.6 is 23.2 Å². The van der Waals surface area contributed by atoms with E-state index in [2.05, 4.69) is 5.32 Å². The summed E-state index contributed by atoms with van der Waals surface area (Å²) in [5, 5.41) is 3.63. The van der Waals surface area contributed by atoms with E-state index in [0.717, 1.165) is 9.87 Å². The van der Waals surface area contributed by atoms with Crippen molar-refractivity contribution in [3.8, 4) is 0 Å². The van der Waals surface area contributed by atoms with Gasteiger partial charge < -0.3 is 10.2 Å². The van der Waals surface area contributed by atoms with Crippen molar-refractivity contribution in [1.82, 2.24) is 10.2 Å². The third-order valence-corrected chi connectivity index (χ3v) is 9.17. The largest absolute Gasteiger partial charge is 0.352 e. The molecule has 3 aromatic rings. The van der Waals surface area contributed by atoms with E-state index in [1.165, 1.54) is 17.0 Å². The van der Waals surface area contributed by atoms with Crippen molar-refractivity contribution in [2.45, 2.75) is 64.1 Å². The molecule has 2 unspecified atom stereocenters. The fraction of sp³-hybridized carbons (Fsp3) is 0.333. The molecule has 0 fully saturated rings. The molecule has 0 radical (unpaired) electrons. The third kappa shape index (κ3) is 7.56. The number of hydrogen-bond donors (Lipinski definition) is 1. The maximum atomic E-state index is 14.1. The third-order valence-electron chi connectivity index (χ3n) is 6.68. The average molecular weight is 605 g/mol. The Bertz CT molecular complexity index is 1410. The predicted molar refractivity (Wildman–Crippen MR) is 161 cm³/mol. The van der Waals surface area contributed by atoms with Crippen LogP contribution in [0.5, 0.6) is 0 Å². The van der Waals surface area contributed by atoms with Gasteiger partial charge in [0.1, 0.15) is 12.6 Å². The number of amides is 2. The number of nitrogens with zero attached hydrogens (tertiary/aromatic N) is 2. The number of anilines is 1. The van der Waals surface area contributed by atoms with Crippen LogP contribution in [0.4, 0.5) is 5.69 Å². The molecule has 214 valence electrons. The van der Waals surface area contributed by atoms with Crippen LogP contribution in [0.15, 0.2) is 77.7 Å². The summed E-state index contributed by atoms with van der Waals surface area (Å²) in [4.78, 5) is 28.9. The molecule has 3 aromatic carbocycles. The molecule has 0 aromatic heterocycles. The highest BCUT2D eigenvalue weighted by molar-refractivity contribution is 7.92. The van der Waals surface area contributed by atoms with E-state index in [9.17, 15) is 18.0 Å². The minimum Gasteiger partial charge on any atom is -0.352 e. The monoisotopic (exact) mass is 603 g/mol. The summed E-state index contributed by atoms with van der Waals surface area (Å²) >= 11 is 12.9. The number of nitrogens with one attached hydrogen (secondary N) is 1. The van der Waals surface area contributed by atoms with Crippen LogP contribution in [0.25, 0.3) is 0 Å². The molecule has 10 heteroatoms. The van der Waals surface area contributed by atoms with Gasteiger partial charge in [0, 0.05) is 28.2 Å². The molecule has 1 N–H and O–H groups in total. The van der Waals surface area contributed by atoms with Crippen LogP contribution in [0.1, 0.15) is 44.7 Å². The lowest BCUT2D eigenvalue weighted by atomic mass is 10.1. The molecule has 0 heterocycles. The number of aryl methyl sites for hydroxylation is 1. The first-order valence-corrected chi connectivity index (χ1v) is 15.4. The van der Waals surface area contributed by atoms with Gasteiger partial charge in [0.15, 0.2) is 0 Å². The van der Waals surface area contributed by atoms with Crippen molar-refractivity contribution < 1.29 is 18.0 Å². The van der Waals surface area contributed by atoms with Crippen LogP contribution in [-0.4, -0.2) is 43.8 Å². The molecule has 0 aliphatic rings. The van der Waals surface area contributed by atoms with E-state index in [1.54, 1.807) is 61.5 Å². The first-order valence-electron chi connectivity index (χ1n) is 13.2. The quantitative estimate of drug-likeness (QED) is 0.266. The van der Waals surface area contributed by atoms with Gasteiger partial charge in [-0.1, -0.05) is 73.4 Å². The first kappa shape index (κ1) is 31.5. The summed E-state index contributed by atoms with van der Waals surface area (Å²) in [6.45, 7) is 6.87. The summed E-state index contributed by atoms with van der Waals surface area (Å²) in [7, 11) is -4.13. The van der Waals surface area contributed by atoms with Gasteiger partial charge in [0.25, 0.3) is 10.0 Å². The van der Waals surface area contributed by atoms with Gasteiger partial charge in [-0.25, -0.2) is 8.42 Å². The summed E-state index contributed by atoms with van der Waals surface area (Å²) in [6.07, 6.45) is 1.01. The maximum absolute atomic E-state index is 14.1. The molecule has 0 saturated heterocycles. The Balaban J connectivity index is 2.09. The van der Waals surface area contributed by atoms with Crippen LogP contribution in [0.3, 0.4) is 0 Å². The van der Waals surface area contributed by atoms with Gasteiger partial charge in [0.05, 0.1) is 10.6 Å². The molecule has 3 rings (SSSR count). The van der Waals surface area contributed by atoms with Crippen LogP contribution < -0.4 is 9.62 Å². The second-order valence-corrected chi connectivity index (χ2v) is 12.3. The van der Waals surface area contributed by atoms with Gasteiger partial charge in [0.2, 0.25) is 11.8 Å². The van der Waals surface area contributed by atoms with Gasteiger partial charge in [-0.05, 0) is 68.7 Å². The fourth-order valence-corrected chi connectivity index (χ4v) is 6.19. The van der Waals surface area contributed by atoms with Gasteiger partial charge in [-0.2, -0.15) is 0 Å². The topological polar surface area (TPSA) is 86.8 Å². The van der Waals surface area contributed by atoms with Crippen molar-refractivity contribution in [2.24, 2.45) is 0 Å². The Morgan fingerprint density at radius 2 is 1.52 bits per heavy atom. The number of carbonyl (C=O) groups excluding carboxylic acids is 2. The number of halogens is 2. The zero-order valence-electron chi connectivity index (χ0n) is 23.1. The van der Waals surface area contributed by atoms with Crippen molar-refractivity contribution in [2.75, 3.05) is 10.8 Å². The highest BCUT2D eigenvalue weighted by Gasteiger charge is 2.34. The summed E-state index contributed by atoms with van der Waals surface area (Å²) in [6, 6.07) is 18.9. The van der Waals surface area contributed by atoms with Gasteiger partial charge in [-0.15, -0.1) is 0 Å². The lowest BCUT2D eigenvalue weighted by Crippen LogP contribution is -2.53. The minimum absolute atomic E-state index is 0.0477. The lowest BCUT2D eigenvalue weighted by Gasteiger charge is -2.34. The SMILES string of the molecule is CCC(C)NC(=O)C(CC)N(Cc1c(Cl)cccc1Cl)C(=O)CN(c1cccc(C)c1)S(=O)(=O)c1ccccc1. The second-order valence-electron chi connectivity index (χ2n) is 9.63. The molecule has 0 bridgehead atoms. The highest BCUT2D eigenvalue weighted by Crippen LogP contribution is 2.29. The number of rotatable bonds is 12. The molecular weight excluding hydrogens is 569 g/mol. The molecule has 0 aliphatic carbocycles. The summed E-state index contributed by atoms with van der Waals surface area (Å²) in [5.41, 5.74) is 1.64. The Morgan fingerprint density at radius 1 is 0.900 bits per heavy atom. The zero-order valence-corrected chi connectivity index (χ0v) is 25.4. The first-order chi connectivity index (χ1) is 19.0. The van der Waals surface area contributed by atoms with Gasteiger partial charge >= 0.3 is 0 Å². The van der Waals surface area contributed by atoms with Crippen molar-refractivity contribution in [1.29, 1.82) is 0 Å². The molecule has 7 nitrogen and oxygen atoms in total. The van der Waals surface area contributed by atoms with Crippen LogP contribution in [0.2, 0.25) is 10.0 Å². The highest BCUT2D eigenvalue weighted by atomic mass is 35.5. The molecular formula is C30H35Cl2N3O4S. The molecule has 0 saturated carbocycles. The molecule has 0 aliphatic heterocycles. The Kier molecular flexibility index (Phi) is 11.0. The normalized spacial score (nSPS) is 12.8. The van der Waals surface area contributed by atoms with Crippen molar-refractivity contribution in [3.63, 3.8) is 0 Å². The summed E-state index contributed by atoms with van der Waals surface area (Å²) in [5.74, 6) is -0.899. The maximum Gasteiger partial charge on any atom is 0.264 e. The number of carbonyl (C=O) groups is 2. The molecule has 40 heavy (non-hydrogen) atoms. The standard InChI is InChI=1S/C30H35Cl2N3O4S/c1-5-22(4)33-30(37)28(6-2)34(19-25-26(31)16-11-17-27(25)32)29(36)20-35(23-13-10-12-21(3)18-23)40(38,39)24-14-8-7-9-15-24/h7-18,22,28H,5-6,19-20H2,1-4H3,(H,33,37). The van der Waals surface area contributed by atoms with E-state index >= 15 is 0 Å². The smallest absolute Gasteiger partial charge is 0.264 e. The van der Waals surface area contributed by atoms with E-state index in [4.69, 9.17) is 23.2 Å². The van der Waals surface area contributed by atoms with E-state index in [1.807, 2.05) is 26.8 Å². The number of sulfonamides is 1. The average Bonchev–Trinajstić information content (AvgIpc) is 2.93. The number of benzene rings is 3. The fourth-order valence-electron chi connectivity index (χ4n) is 4.25. The van der Waals surface area contributed by atoms with E-state index < -0.39 is 28.5 Å². The van der Waals surface area contributed by atoms with E-state index in [0.29, 0.717) is 34.1 Å². The van der Waals surface area contributed by atoms with Gasteiger partial charge in [-0.3, -0.25) is 13.9 Å². The van der Waals surface area contributed by atoms with Crippen LogP contribution in [-0.2, 0) is 26.2 Å². The van der Waals surface area contributed by atoms with E-state index in [-0.39, 0.29) is 23.4 Å². The Labute approximate surface area is 247 Å². The number of hydrogen-bond acceptors (Lipinski definition) is 4. The predicted octanol–water partition coefficient (Wildman–Crippen LogP) is 6.22. The lowest BCUT2D eigenvalue weighted by molar-refractivity contribution is -0.140. The molecule has 2 amide bonds. The zero-order chi connectivity index (χ0) is 29.4. The Morgan fingerprint density at radius 3 is 2.10 bits per heavy atom. The van der Waals surface area contributed by atoms with Crippen molar-refractivity contribution >= 4 is 50.7 Å². The molecule has 0 spiro atoms. The minimum atomic E-state index is -4.13.